The molecule has 1 fully saturated rings. The van der Waals surface area contributed by atoms with E-state index in [9.17, 15) is 0 Å². The Bertz CT molecular complexity index is 256. The third-order valence-electron chi connectivity index (χ3n) is 5.24. The fourth-order valence-electron chi connectivity index (χ4n) is 3.44. The van der Waals surface area contributed by atoms with E-state index in [2.05, 4.69) is 27.9 Å². The fraction of sp³-hybridized carbons (Fsp3) is 1.00. The van der Waals surface area contributed by atoms with E-state index in [1.165, 1.54) is 83.6 Å². The quantitative estimate of drug-likeness (QED) is 0.253. The summed E-state index contributed by atoms with van der Waals surface area (Å²) in [5, 5.41) is 0. The maximum absolute atomic E-state index is 6.19. The van der Waals surface area contributed by atoms with Crippen LogP contribution in [0.1, 0.15) is 90.9 Å². The molecule has 2 nitrogen and oxygen atoms in total. The highest BCUT2D eigenvalue weighted by Gasteiger charge is 2.22. The van der Waals surface area contributed by atoms with Gasteiger partial charge in [-0.05, 0) is 44.4 Å². The lowest BCUT2D eigenvalue weighted by atomic mass is 9.89. The number of quaternary nitrogens is 1. The van der Waals surface area contributed by atoms with Crippen LogP contribution in [0.15, 0.2) is 0 Å². The molecule has 132 valence electrons. The summed E-state index contributed by atoms with van der Waals surface area (Å²) in [6.07, 6.45) is 17.1. The SMILES string of the molecule is CCCCCCCCCC[N+](C)(C)COC1CCC(C)CC1. The second-order valence-corrected chi connectivity index (χ2v) is 8.31. The number of ether oxygens (including phenoxy) is 1. The molecule has 0 atom stereocenters. The predicted molar refractivity (Wildman–Crippen MR) is 97.0 cm³/mol. The molecule has 1 aliphatic carbocycles. The van der Waals surface area contributed by atoms with E-state index in [1.54, 1.807) is 0 Å². The molecule has 0 amide bonds. The minimum absolute atomic E-state index is 0.534. The van der Waals surface area contributed by atoms with Crippen LogP contribution in [0.2, 0.25) is 0 Å². The molecule has 1 aliphatic rings. The molecule has 1 rings (SSSR count). The molecular weight excluding hydrogens is 270 g/mol. The van der Waals surface area contributed by atoms with Gasteiger partial charge >= 0.3 is 0 Å². The van der Waals surface area contributed by atoms with Crippen molar-refractivity contribution >= 4 is 0 Å². The van der Waals surface area contributed by atoms with Crippen molar-refractivity contribution in [1.82, 2.24) is 0 Å². The Hall–Kier alpha value is -0.0800. The van der Waals surface area contributed by atoms with Crippen molar-refractivity contribution in [3.8, 4) is 0 Å². The van der Waals surface area contributed by atoms with Crippen LogP contribution in [-0.2, 0) is 4.74 Å². The van der Waals surface area contributed by atoms with Crippen molar-refractivity contribution in [2.75, 3.05) is 27.4 Å². The Morgan fingerprint density at radius 3 is 1.95 bits per heavy atom. The van der Waals surface area contributed by atoms with Crippen molar-refractivity contribution in [2.45, 2.75) is 97.0 Å². The van der Waals surface area contributed by atoms with Crippen LogP contribution in [0, 0.1) is 5.92 Å². The van der Waals surface area contributed by atoms with E-state index in [4.69, 9.17) is 4.74 Å². The summed E-state index contributed by atoms with van der Waals surface area (Å²) >= 11 is 0. The summed E-state index contributed by atoms with van der Waals surface area (Å²) in [7, 11) is 4.65. The van der Waals surface area contributed by atoms with Gasteiger partial charge in [0.25, 0.3) is 0 Å². The van der Waals surface area contributed by atoms with Crippen LogP contribution < -0.4 is 0 Å². The first-order valence-corrected chi connectivity index (χ1v) is 9.97. The maximum atomic E-state index is 6.19. The monoisotopic (exact) mass is 312 g/mol. The normalized spacial score (nSPS) is 22.9. The van der Waals surface area contributed by atoms with E-state index >= 15 is 0 Å². The Morgan fingerprint density at radius 1 is 0.818 bits per heavy atom. The first-order chi connectivity index (χ1) is 10.5. The van der Waals surface area contributed by atoms with Crippen LogP contribution >= 0.6 is 0 Å². The van der Waals surface area contributed by atoms with E-state index < -0.39 is 0 Å². The summed E-state index contributed by atoms with van der Waals surface area (Å²) in [5.74, 6) is 0.916. The summed E-state index contributed by atoms with van der Waals surface area (Å²) in [6, 6.07) is 0. The van der Waals surface area contributed by atoms with Gasteiger partial charge in [-0.25, -0.2) is 0 Å². The van der Waals surface area contributed by atoms with Gasteiger partial charge in [-0.2, -0.15) is 0 Å². The standard InChI is InChI=1S/C20H42NO/c1-5-6-7-8-9-10-11-12-17-21(3,4)18-22-20-15-13-19(2)14-16-20/h19-20H,5-18H2,1-4H3/q+1. The molecule has 0 aromatic rings. The number of rotatable bonds is 12. The van der Waals surface area contributed by atoms with Crippen molar-refractivity contribution < 1.29 is 9.22 Å². The fourth-order valence-corrected chi connectivity index (χ4v) is 3.44. The molecule has 0 aromatic carbocycles. The Kier molecular flexibility index (Phi) is 10.4. The third kappa shape index (κ3) is 9.84. The van der Waals surface area contributed by atoms with Crippen LogP contribution in [0.25, 0.3) is 0 Å². The highest BCUT2D eigenvalue weighted by atomic mass is 16.5. The largest absolute Gasteiger partial charge is 0.328 e. The average Bonchev–Trinajstić information content (AvgIpc) is 2.49. The van der Waals surface area contributed by atoms with Gasteiger partial charge in [-0.1, -0.05) is 52.4 Å². The molecule has 0 unspecified atom stereocenters. The summed E-state index contributed by atoms with van der Waals surface area (Å²) < 4.78 is 7.22. The number of nitrogens with zero attached hydrogens (tertiary/aromatic N) is 1. The topological polar surface area (TPSA) is 9.23 Å². The smallest absolute Gasteiger partial charge is 0.183 e. The Morgan fingerprint density at radius 2 is 1.36 bits per heavy atom. The van der Waals surface area contributed by atoms with E-state index in [1.807, 2.05) is 0 Å². The molecule has 0 heterocycles. The molecule has 0 aliphatic heterocycles. The van der Waals surface area contributed by atoms with Gasteiger partial charge in [-0.3, -0.25) is 0 Å². The molecule has 1 saturated carbocycles. The van der Waals surface area contributed by atoms with E-state index in [0.717, 1.165) is 17.1 Å². The lowest BCUT2D eigenvalue weighted by molar-refractivity contribution is -0.910. The first-order valence-electron chi connectivity index (χ1n) is 9.97. The third-order valence-corrected chi connectivity index (χ3v) is 5.24. The second kappa shape index (κ2) is 11.5. The molecule has 0 spiro atoms. The van der Waals surface area contributed by atoms with Gasteiger partial charge < -0.3 is 9.22 Å². The first kappa shape index (κ1) is 20.0. The number of unbranched alkanes of at least 4 members (excludes halogenated alkanes) is 7. The number of hydrogen-bond donors (Lipinski definition) is 0. The molecular formula is C20H42NO+. The van der Waals surface area contributed by atoms with Gasteiger partial charge in [-0.15, -0.1) is 0 Å². The zero-order valence-electron chi connectivity index (χ0n) is 15.9. The van der Waals surface area contributed by atoms with Gasteiger partial charge in [0.15, 0.2) is 6.73 Å². The molecule has 0 aromatic heterocycles. The van der Waals surface area contributed by atoms with Crippen molar-refractivity contribution in [3.63, 3.8) is 0 Å². The van der Waals surface area contributed by atoms with Crippen LogP contribution in [0.4, 0.5) is 0 Å². The van der Waals surface area contributed by atoms with Crippen LogP contribution in [0.5, 0.6) is 0 Å². The Labute approximate surface area is 140 Å². The molecule has 2 heteroatoms. The molecule has 0 radical (unpaired) electrons. The van der Waals surface area contributed by atoms with Gasteiger partial charge in [0.1, 0.15) is 0 Å². The predicted octanol–water partition coefficient (Wildman–Crippen LogP) is 5.76. The lowest BCUT2D eigenvalue weighted by Crippen LogP contribution is -2.43. The van der Waals surface area contributed by atoms with Gasteiger partial charge in [0.2, 0.25) is 0 Å². The minimum Gasteiger partial charge on any atom is -0.328 e. The molecule has 0 N–H and O–H groups in total. The second-order valence-electron chi connectivity index (χ2n) is 8.31. The van der Waals surface area contributed by atoms with E-state index in [-0.39, 0.29) is 0 Å². The molecule has 0 bridgehead atoms. The van der Waals surface area contributed by atoms with Gasteiger partial charge in [0.05, 0.1) is 26.7 Å². The van der Waals surface area contributed by atoms with E-state index in [0.29, 0.717) is 6.10 Å². The summed E-state index contributed by atoms with van der Waals surface area (Å²) in [4.78, 5) is 0. The summed E-state index contributed by atoms with van der Waals surface area (Å²) in [6.45, 7) is 6.82. The lowest BCUT2D eigenvalue weighted by Gasteiger charge is -2.33. The highest BCUT2D eigenvalue weighted by Crippen LogP contribution is 2.25. The van der Waals surface area contributed by atoms with Crippen LogP contribution in [-0.4, -0.2) is 38.0 Å². The zero-order valence-corrected chi connectivity index (χ0v) is 15.9. The van der Waals surface area contributed by atoms with Gasteiger partial charge in [0, 0.05) is 0 Å². The van der Waals surface area contributed by atoms with Crippen molar-refractivity contribution in [1.29, 1.82) is 0 Å². The average molecular weight is 313 g/mol. The van der Waals surface area contributed by atoms with Crippen LogP contribution in [0.3, 0.4) is 0 Å². The molecule has 22 heavy (non-hydrogen) atoms. The molecule has 0 saturated heterocycles. The zero-order chi connectivity index (χ0) is 16.3. The summed E-state index contributed by atoms with van der Waals surface area (Å²) in [5.41, 5.74) is 0. The van der Waals surface area contributed by atoms with Crippen molar-refractivity contribution in [2.24, 2.45) is 5.92 Å². The maximum Gasteiger partial charge on any atom is 0.183 e. The Balaban J connectivity index is 1.98. The highest BCUT2D eigenvalue weighted by molar-refractivity contribution is 4.69. The van der Waals surface area contributed by atoms with Crippen molar-refractivity contribution in [3.05, 3.63) is 0 Å². The number of hydrogen-bond acceptors (Lipinski definition) is 1. The minimum atomic E-state index is 0.534.